The zero-order valence-electron chi connectivity index (χ0n) is 10.4. The number of esters is 1. The Morgan fingerprint density at radius 2 is 2.00 bits per heavy atom. The molecule has 1 aromatic rings. The first kappa shape index (κ1) is 14.1. The minimum atomic E-state index is -0.378. The lowest BCUT2D eigenvalue weighted by molar-refractivity contribution is -0.147. The highest BCUT2D eigenvalue weighted by Gasteiger charge is 2.18. The third-order valence-electron chi connectivity index (χ3n) is 2.56. The van der Waals surface area contributed by atoms with Gasteiger partial charge in [-0.1, -0.05) is 43.7 Å². The number of carbonyl (C=O) groups excluding carboxylic acids is 1. The van der Waals surface area contributed by atoms with Gasteiger partial charge in [-0.05, 0) is 25.3 Å². The molecule has 0 heterocycles. The van der Waals surface area contributed by atoms with E-state index in [1.165, 1.54) is 0 Å². The average Bonchev–Trinajstić information content (AvgIpc) is 2.30. The standard InChI is InChI=1S/C14H20O2S/c1-3-7-11(2)16-14(15)13(17)10-12-8-5-4-6-9-12/h4-6,8-9,11,13,17H,3,7,10H2,1-2H3. The van der Waals surface area contributed by atoms with Crippen molar-refractivity contribution in [2.45, 2.75) is 44.5 Å². The Hall–Kier alpha value is -0.960. The van der Waals surface area contributed by atoms with Gasteiger partial charge in [0.05, 0.1) is 6.10 Å². The van der Waals surface area contributed by atoms with Gasteiger partial charge in [0.1, 0.15) is 5.25 Å². The molecule has 3 heteroatoms. The summed E-state index contributed by atoms with van der Waals surface area (Å²) in [6.07, 6.45) is 2.52. The number of hydrogen-bond acceptors (Lipinski definition) is 3. The van der Waals surface area contributed by atoms with E-state index in [0.29, 0.717) is 6.42 Å². The molecule has 0 spiro atoms. The zero-order chi connectivity index (χ0) is 12.7. The number of rotatable bonds is 6. The number of ether oxygens (including phenoxy) is 1. The number of hydrogen-bond donors (Lipinski definition) is 1. The maximum Gasteiger partial charge on any atom is 0.319 e. The molecule has 1 rings (SSSR count). The number of thiol groups is 1. The van der Waals surface area contributed by atoms with E-state index >= 15 is 0 Å². The van der Waals surface area contributed by atoms with Crippen molar-refractivity contribution < 1.29 is 9.53 Å². The first-order valence-electron chi connectivity index (χ1n) is 6.06. The van der Waals surface area contributed by atoms with Crippen LogP contribution in [0.25, 0.3) is 0 Å². The van der Waals surface area contributed by atoms with Crippen LogP contribution in [0.1, 0.15) is 32.3 Å². The number of benzene rings is 1. The summed E-state index contributed by atoms with van der Waals surface area (Å²) in [5.74, 6) is -0.224. The topological polar surface area (TPSA) is 26.3 Å². The lowest BCUT2D eigenvalue weighted by atomic mass is 10.1. The monoisotopic (exact) mass is 252 g/mol. The predicted octanol–water partition coefficient (Wildman–Crippen LogP) is 3.26. The van der Waals surface area contributed by atoms with Crippen LogP contribution in [0.5, 0.6) is 0 Å². The van der Waals surface area contributed by atoms with Crippen molar-refractivity contribution in [1.29, 1.82) is 0 Å². The fourth-order valence-electron chi connectivity index (χ4n) is 1.66. The van der Waals surface area contributed by atoms with Gasteiger partial charge >= 0.3 is 5.97 Å². The Morgan fingerprint density at radius 3 is 2.59 bits per heavy atom. The van der Waals surface area contributed by atoms with Crippen molar-refractivity contribution in [3.63, 3.8) is 0 Å². The minimum absolute atomic E-state index is 0.0158. The van der Waals surface area contributed by atoms with Gasteiger partial charge < -0.3 is 4.74 Å². The van der Waals surface area contributed by atoms with Crippen molar-refractivity contribution >= 4 is 18.6 Å². The summed E-state index contributed by atoms with van der Waals surface area (Å²) in [5, 5.41) is -0.378. The van der Waals surface area contributed by atoms with Crippen LogP contribution in [0.2, 0.25) is 0 Å². The molecule has 0 aliphatic heterocycles. The molecule has 17 heavy (non-hydrogen) atoms. The van der Waals surface area contributed by atoms with Crippen molar-refractivity contribution in [3.05, 3.63) is 35.9 Å². The van der Waals surface area contributed by atoms with E-state index in [0.717, 1.165) is 18.4 Å². The van der Waals surface area contributed by atoms with Gasteiger partial charge in [0, 0.05) is 0 Å². The van der Waals surface area contributed by atoms with Gasteiger partial charge in [0.2, 0.25) is 0 Å². The molecule has 0 saturated heterocycles. The highest BCUT2D eigenvalue weighted by Crippen LogP contribution is 2.11. The molecule has 0 aromatic heterocycles. The van der Waals surface area contributed by atoms with E-state index in [4.69, 9.17) is 4.74 Å². The Kier molecular flexibility index (Phi) is 6.12. The molecule has 0 aliphatic rings. The van der Waals surface area contributed by atoms with Crippen LogP contribution in [0.3, 0.4) is 0 Å². The van der Waals surface area contributed by atoms with Gasteiger partial charge in [0.25, 0.3) is 0 Å². The van der Waals surface area contributed by atoms with E-state index in [9.17, 15) is 4.79 Å². The molecule has 1 aromatic carbocycles. The summed E-state index contributed by atoms with van der Waals surface area (Å²) in [6, 6.07) is 9.86. The Balaban J connectivity index is 2.42. The lowest BCUT2D eigenvalue weighted by Gasteiger charge is -2.15. The first-order valence-corrected chi connectivity index (χ1v) is 6.57. The molecule has 0 bridgehead atoms. The molecule has 0 saturated carbocycles. The van der Waals surface area contributed by atoms with Crippen LogP contribution in [0.4, 0.5) is 0 Å². The van der Waals surface area contributed by atoms with Gasteiger partial charge in [-0.15, -0.1) is 0 Å². The first-order chi connectivity index (χ1) is 8.13. The lowest BCUT2D eigenvalue weighted by Crippen LogP contribution is -2.24. The second kappa shape index (κ2) is 7.38. The maximum atomic E-state index is 11.7. The predicted molar refractivity (Wildman–Crippen MR) is 73.4 cm³/mol. The molecular weight excluding hydrogens is 232 g/mol. The zero-order valence-corrected chi connectivity index (χ0v) is 11.3. The minimum Gasteiger partial charge on any atom is -0.462 e. The smallest absolute Gasteiger partial charge is 0.319 e. The van der Waals surface area contributed by atoms with Crippen molar-refractivity contribution in [2.24, 2.45) is 0 Å². The summed E-state index contributed by atoms with van der Waals surface area (Å²) < 4.78 is 5.31. The summed E-state index contributed by atoms with van der Waals surface area (Å²) >= 11 is 4.30. The second-order valence-corrected chi connectivity index (χ2v) is 4.87. The Labute approximate surface area is 109 Å². The SMILES string of the molecule is CCCC(C)OC(=O)C(S)Cc1ccccc1. The van der Waals surface area contributed by atoms with Crippen molar-refractivity contribution in [2.75, 3.05) is 0 Å². The fourth-order valence-corrected chi connectivity index (χ4v) is 1.93. The van der Waals surface area contributed by atoms with E-state index < -0.39 is 0 Å². The van der Waals surface area contributed by atoms with Gasteiger partial charge in [-0.25, -0.2) is 0 Å². The third kappa shape index (κ3) is 5.26. The highest BCUT2D eigenvalue weighted by atomic mass is 32.1. The molecule has 0 fully saturated rings. The summed E-state index contributed by atoms with van der Waals surface area (Å²) in [6.45, 7) is 4.00. The molecule has 0 amide bonds. The second-order valence-electron chi connectivity index (χ2n) is 4.24. The molecular formula is C14H20O2S. The van der Waals surface area contributed by atoms with E-state index in [2.05, 4.69) is 19.6 Å². The third-order valence-corrected chi connectivity index (χ3v) is 2.95. The van der Waals surface area contributed by atoms with Crippen LogP contribution in [-0.2, 0) is 16.0 Å². The van der Waals surface area contributed by atoms with Crippen LogP contribution in [-0.4, -0.2) is 17.3 Å². The molecule has 2 nitrogen and oxygen atoms in total. The van der Waals surface area contributed by atoms with Crippen molar-refractivity contribution in [1.82, 2.24) is 0 Å². The largest absolute Gasteiger partial charge is 0.462 e. The molecule has 0 N–H and O–H groups in total. The van der Waals surface area contributed by atoms with Crippen LogP contribution in [0, 0.1) is 0 Å². The highest BCUT2D eigenvalue weighted by molar-refractivity contribution is 7.81. The van der Waals surface area contributed by atoms with Crippen LogP contribution >= 0.6 is 12.6 Å². The quantitative estimate of drug-likeness (QED) is 0.621. The van der Waals surface area contributed by atoms with Crippen LogP contribution < -0.4 is 0 Å². The van der Waals surface area contributed by atoms with E-state index in [-0.39, 0.29) is 17.3 Å². The Morgan fingerprint density at radius 1 is 1.35 bits per heavy atom. The molecule has 94 valence electrons. The van der Waals surface area contributed by atoms with Gasteiger partial charge in [-0.2, -0.15) is 12.6 Å². The Bertz CT molecular complexity index is 337. The van der Waals surface area contributed by atoms with Gasteiger partial charge in [-0.3, -0.25) is 4.79 Å². The average molecular weight is 252 g/mol. The normalized spacial score (nSPS) is 14.1. The molecule has 0 radical (unpaired) electrons. The maximum absolute atomic E-state index is 11.7. The summed E-state index contributed by atoms with van der Waals surface area (Å²) in [4.78, 5) is 11.7. The van der Waals surface area contributed by atoms with Crippen molar-refractivity contribution in [3.8, 4) is 0 Å². The van der Waals surface area contributed by atoms with E-state index in [1.54, 1.807) is 0 Å². The fraction of sp³-hybridized carbons (Fsp3) is 0.500. The molecule has 0 aliphatic carbocycles. The van der Waals surface area contributed by atoms with E-state index in [1.807, 2.05) is 37.3 Å². The molecule has 2 unspecified atom stereocenters. The van der Waals surface area contributed by atoms with Crippen LogP contribution in [0.15, 0.2) is 30.3 Å². The van der Waals surface area contributed by atoms with Gasteiger partial charge in [0.15, 0.2) is 0 Å². The molecule has 2 atom stereocenters. The number of carbonyl (C=O) groups is 1. The summed E-state index contributed by atoms with van der Waals surface area (Å²) in [5.41, 5.74) is 1.10. The summed E-state index contributed by atoms with van der Waals surface area (Å²) in [7, 11) is 0.